The van der Waals surface area contributed by atoms with E-state index in [9.17, 15) is 4.79 Å². The van der Waals surface area contributed by atoms with Gasteiger partial charge in [-0.2, -0.15) is 0 Å². The highest BCUT2D eigenvalue weighted by molar-refractivity contribution is 7.18. The maximum Gasteiger partial charge on any atom is 0.262 e. The summed E-state index contributed by atoms with van der Waals surface area (Å²) in [7, 11) is 0. The summed E-state index contributed by atoms with van der Waals surface area (Å²) >= 11 is 13.8. The molecule has 1 saturated carbocycles. The molecular weight excluding hydrogens is 315 g/mol. The molecule has 106 valence electrons. The summed E-state index contributed by atoms with van der Waals surface area (Å²) in [6.45, 7) is 0.569. The third-order valence-corrected chi connectivity index (χ3v) is 6.44. The largest absolute Gasteiger partial charge is 0.298 e. The van der Waals surface area contributed by atoms with E-state index in [1.165, 1.54) is 23.3 Å². The maximum atomic E-state index is 12.7. The van der Waals surface area contributed by atoms with E-state index in [1.54, 1.807) is 22.2 Å². The van der Waals surface area contributed by atoms with Crippen LogP contribution in [0.3, 0.4) is 0 Å². The quantitative estimate of drug-likeness (QED) is 0.790. The summed E-state index contributed by atoms with van der Waals surface area (Å²) in [6, 6.07) is 0. The fourth-order valence-electron chi connectivity index (χ4n) is 3.02. The van der Waals surface area contributed by atoms with E-state index in [0.29, 0.717) is 6.54 Å². The summed E-state index contributed by atoms with van der Waals surface area (Å²) in [5.74, 6) is 0.164. The van der Waals surface area contributed by atoms with Crippen LogP contribution < -0.4 is 5.56 Å². The van der Waals surface area contributed by atoms with Gasteiger partial charge in [0.05, 0.1) is 11.7 Å². The Kier molecular flexibility index (Phi) is 2.92. The summed E-state index contributed by atoms with van der Waals surface area (Å²) in [6.07, 6.45) is 6.88. The van der Waals surface area contributed by atoms with Crippen LogP contribution in [0, 0.1) is 5.92 Å². The fraction of sp³-hybridized carbons (Fsp3) is 0.571. The number of thiophene rings is 1. The second kappa shape index (κ2) is 4.46. The van der Waals surface area contributed by atoms with Gasteiger partial charge in [0.1, 0.15) is 9.16 Å². The third kappa shape index (κ3) is 2.00. The van der Waals surface area contributed by atoms with Gasteiger partial charge < -0.3 is 0 Å². The minimum Gasteiger partial charge on any atom is -0.298 e. The average molecular weight is 329 g/mol. The molecule has 2 aliphatic rings. The van der Waals surface area contributed by atoms with Gasteiger partial charge in [-0.1, -0.05) is 0 Å². The molecular formula is C14H14Cl2N2OS. The van der Waals surface area contributed by atoms with E-state index < -0.39 is 4.33 Å². The van der Waals surface area contributed by atoms with Gasteiger partial charge in [-0.05, 0) is 37.7 Å². The number of alkyl halides is 2. The van der Waals surface area contributed by atoms with Crippen LogP contribution in [-0.4, -0.2) is 13.9 Å². The second-order valence-electron chi connectivity index (χ2n) is 5.76. The van der Waals surface area contributed by atoms with E-state index in [0.717, 1.165) is 29.5 Å². The highest BCUT2D eigenvalue weighted by atomic mass is 35.5. The van der Waals surface area contributed by atoms with E-state index in [1.807, 2.05) is 0 Å². The van der Waals surface area contributed by atoms with Crippen molar-refractivity contribution in [3.63, 3.8) is 0 Å². The molecule has 0 radical (unpaired) electrons. The molecule has 2 aromatic heterocycles. The number of fused-ring (bicyclic) bond motifs is 3. The minimum absolute atomic E-state index is 0.0745. The highest BCUT2D eigenvalue weighted by Gasteiger charge is 2.51. The molecule has 4 rings (SSSR count). The zero-order valence-electron chi connectivity index (χ0n) is 10.9. The molecule has 0 aliphatic heterocycles. The molecule has 2 aliphatic carbocycles. The molecule has 0 spiro atoms. The lowest BCUT2D eigenvalue weighted by molar-refractivity contribution is 0.596. The van der Waals surface area contributed by atoms with Crippen molar-refractivity contribution in [1.29, 1.82) is 0 Å². The first-order valence-electron chi connectivity index (χ1n) is 6.94. The van der Waals surface area contributed by atoms with Crippen LogP contribution in [0.15, 0.2) is 11.1 Å². The number of hydrogen-bond acceptors (Lipinski definition) is 3. The number of nitrogens with zero attached hydrogens (tertiary/aromatic N) is 2. The van der Waals surface area contributed by atoms with Crippen LogP contribution in [0.1, 0.15) is 29.7 Å². The standard InChI is InChI=1S/C14H14Cl2N2OS/c15-14(16)5-8(14)6-18-7-17-12-11(13(18)19)9-3-1-2-4-10(9)20-12/h7-8H,1-6H2/t8-/m1/s1. The Morgan fingerprint density at radius 3 is 2.90 bits per heavy atom. The highest BCUT2D eigenvalue weighted by Crippen LogP contribution is 2.53. The molecule has 0 bridgehead atoms. The molecule has 1 fully saturated rings. The molecule has 0 unspecified atom stereocenters. The molecule has 1 atom stereocenters. The maximum absolute atomic E-state index is 12.7. The van der Waals surface area contributed by atoms with Gasteiger partial charge in [0.25, 0.3) is 5.56 Å². The van der Waals surface area contributed by atoms with E-state index in [2.05, 4.69) is 4.98 Å². The molecule has 0 N–H and O–H groups in total. The first kappa shape index (κ1) is 13.1. The Morgan fingerprint density at radius 2 is 2.15 bits per heavy atom. The van der Waals surface area contributed by atoms with Gasteiger partial charge in [-0.15, -0.1) is 34.5 Å². The van der Waals surface area contributed by atoms with E-state index in [4.69, 9.17) is 23.2 Å². The Morgan fingerprint density at radius 1 is 1.40 bits per heavy atom. The number of aryl methyl sites for hydroxylation is 2. The van der Waals surface area contributed by atoms with Crippen LogP contribution in [0.25, 0.3) is 10.2 Å². The normalized spacial score (nSPS) is 23.8. The van der Waals surface area contributed by atoms with Crippen LogP contribution in [0.2, 0.25) is 0 Å². The molecule has 2 heterocycles. The molecule has 0 aromatic carbocycles. The average Bonchev–Trinajstić information content (AvgIpc) is 2.85. The number of rotatable bonds is 2. The van der Waals surface area contributed by atoms with Crippen molar-refractivity contribution < 1.29 is 0 Å². The van der Waals surface area contributed by atoms with E-state index in [-0.39, 0.29) is 11.5 Å². The second-order valence-corrected chi connectivity index (χ2v) is 8.38. The Hall–Kier alpha value is -0.580. The van der Waals surface area contributed by atoms with Crippen molar-refractivity contribution >= 4 is 44.8 Å². The van der Waals surface area contributed by atoms with Crippen molar-refractivity contribution in [3.05, 3.63) is 27.1 Å². The number of aromatic nitrogens is 2. The van der Waals surface area contributed by atoms with Gasteiger partial charge >= 0.3 is 0 Å². The van der Waals surface area contributed by atoms with E-state index >= 15 is 0 Å². The van der Waals surface area contributed by atoms with Crippen molar-refractivity contribution in [2.75, 3.05) is 0 Å². The Balaban J connectivity index is 1.80. The summed E-state index contributed by atoms with van der Waals surface area (Å²) in [4.78, 5) is 19.4. The first-order chi connectivity index (χ1) is 9.56. The van der Waals surface area contributed by atoms with Crippen LogP contribution in [0.4, 0.5) is 0 Å². The lowest BCUT2D eigenvalue weighted by Gasteiger charge is -2.10. The fourth-order valence-corrected chi connectivity index (χ4v) is 4.75. The molecule has 0 amide bonds. The predicted octanol–water partition coefficient (Wildman–Crippen LogP) is 3.53. The Bertz CT molecular complexity index is 749. The smallest absolute Gasteiger partial charge is 0.262 e. The lowest BCUT2D eigenvalue weighted by atomic mass is 9.97. The summed E-state index contributed by atoms with van der Waals surface area (Å²) in [5.41, 5.74) is 1.31. The van der Waals surface area contributed by atoms with Gasteiger partial charge in [-0.3, -0.25) is 9.36 Å². The van der Waals surface area contributed by atoms with Crippen LogP contribution >= 0.6 is 34.5 Å². The third-order valence-electron chi connectivity index (χ3n) is 4.31. The van der Waals surface area contributed by atoms with Crippen molar-refractivity contribution in [2.24, 2.45) is 5.92 Å². The number of halogens is 2. The van der Waals surface area contributed by atoms with Gasteiger partial charge in [-0.25, -0.2) is 4.98 Å². The molecule has 2 aromatic rings. The summed E-state index contributed by atoms with van der Waals surface area (Å²) in [5, 5.41) is 0.836. The molecule has 0 saturated heterocycles. The number of hydrogen-bond donors (Lipinski definition) is 0. The monoisotopic (exact) mass is 328 g/mol. The van der Waals surface area contributed by atoms with Gasteiger partial charge in [0.15, 0.2) is 0 Å². The zero-order chi connectivity index (χ0) is 13.9. The minimum atomic E-state index is -0.650. The summed E-state index contributed by atoms with van der Waals surface area (Å²) < 4.78 is 1.03. The SMILES string of the molecule is O=c1c2c3c(sc2ncn1C[C@H]1CC1(Cl)Cl)CCCC3. The van der Waals surface area contributed by atoms with Crippen LogP contribution in [-0.2, 0) is 19.4 Å². The van der Waals surface area contributed by atoms with Crippen LogP contribution in [0.5, 0.6) is 0 Å². The lowest BCUT2D eigenvalue weighted by Crippen LogP contribution is -2.22. The molecule has 6 heteroatoms. The van der Waals surface area contributed by atoms with Gasteiger partial charge in [0, 0.05) is 17.3 Å². The van der Waals surface area contributed by atoms with Crippen molar-refractivity contribution in [1.82, 2.24) is 9.55 Å². The predicted molar refractivity (Wildman–Crippen MR) is 83.1 cm³/mol. The topological polar surface area (TPSA) is 34.9 Å². The zero-order valence-corrected chi connectivity index (χ0v) is 13.2. The molecule has 3 nitrogen and oxygen atoms in total. The first-order valence-corrected chi connectivity index (χ1v) is 8.51. The van der Waals surface area contributed by atoms with Crippen molar-refractivity contribution in [3.8, 4) is 0 Å². The van der Waals surface area contributed by atoms with Crippen molar-refractivity contribution in [2.45, 2.75) is 43.0 Å². The molecule has 20 heavy (non-hydrogen) atoms. The van der Waals surface area contributed by atoms with Gasteiger partial charge in [0.2, 0.25) is 0 Å². The Labute approximate surface area is 130 Å².